The van der Waals surface area contributed by atoms with Gasteiger partial charge in [0.1, 0.15) is 5.82 Å². The van der Waals surface area contributed by atoms with Crippen LogP contribution in [0.25, 0.3) is 0 Å². The lowest BCUT2D eigenvalue weighted by Gasteiger charge is -2.06. The molecule has 0 aliphatic heterocycles. The third kappa shape index (κ3) is 4.00. The van der Waals surface area contributed by atoms with Crippen LogP contribution >= 0.6 is 0 Å². The molecule has 0 amide bonds. The molecule has 1 rings (SSSR count). The molecule has 1 aromatic rings. The topological polar surface area (TPSA) is 42.9 Å². The Labute approximate surface area is 92.0 Å². The number of aryl methyl sites for hydroxylation is 1. The Balaban J connectivity index is 3.28. The van der Waals surface area contributed by atoms with Crippen molar-refractivity contribution in [3.8, 4) is 0 Å². The lowest BCUT2D eigenvalue weighted by Crippen LogP contribution is -2.05. The minimum Gasteiger partial charge on any atom is -0.268 e. The second-order valence-electron chi connectivity index (χ2n) is 4.35. The summed E-state index contributed by atoms with van der Waals surface area (Å²) in [5.41, 5.74) is 1.76. The van der Waals surface area contributed by atoms with Gasteiger partial charge in [-0.05, 0) is 28.4 Å². The van der Waals surface area contributed by atoms with Crippen LogP contribution in [-0.2, 0) is 9.52 Å². The molecule has 0 saturated heterocycles. The molecule has 0 aromatic carbocycles. The first-order valence-electron chi connectivity index (χ1n) is 4.92. The van der Waals surface area contributed by atoms with Gasteiger partial charge < -0.3 is 0 Å². The summed E-state index contributed by atoms with van der Waals surface area (Å²) >= 11 is 0. The molecule has 1 aromatic heterocycles. The van der Waals surface area contributed by atoms with Crippen LogP contribution in [0.1, 0.15) is 37.0 Å². The second kappa shape index (κ2) is 4.31. The highest BCUT2D eigenvalue weighted by molar-refractivity contribution is 8.00. The van der Waals surface area contributed by atoms with Gasteiger partial charge in [0, 0.05) is 23.6 Å². The number of aromatic nitrogens is 2. The van der Waals surface area contributed by atoms with Crippen LogP contribution in [0.5, 0.6) is 0 Å². The van der Waals surface area contributed by atoms with E-state index in [0.29, 0.717) is 5.92 Å². The van der Waals surface area contributed by atoms with E-state index in [4.69, 9.17) is 0 Å². The van der Waals surface area contributed by atoms with Crippen LogP contribution in [0, 0.1) is 6.92 Å². The van der Waals surface area contributed by atoms with Crippen molar-refractivity contribution in [3.05, 3.63) is 23.3 Å². The maximum atomic E-state index is 11.6. The zero-order valence-corrected chi connectivity index (χ0v) is 10.8. The van der Waals surface area contributed by atoms with Gasteiger partial charge in [0.15, 0.2) is 0 Å². The molecule has 0 radical (unpaired) electrons. The number of nitrogens with zero attached hydrogens (tertiary/aromatic N) is 2. The summed E-state index contributed by atoms with van der Waals surface area (Å²) in [5.74, 6) is 1.10. The molecule has 0 bridgehead atoms. The van der Waals surface area contributed by atoms with Gasteiger partial charge in [-0.25, -0.2) is 9.97 Å². The summed E-state index contributed by atoms with van der Waals surface area (Å²) in [6.45, 7) is 6.03. The van der Waals surface area contributed by atoms with E-state index in [1.54, 1.807) is 17.9 Å². The van der Waals surface area contributed by atoms with Gasteiger partial charge in [0.25, 0.3) is 0 Å². The maximum absolute atomic E-state index is 11.6. The van der Waals surface area contributed by atoms with Crippen molar-refractivity contribution in [1.29, 1.82) is 0 Å². The average molecular weight is 226 g/mol. The predicted molar refractivity (Wildman–Crippen MR) is 66.0 cm³/mol. The monoisotopic (exact) mass is 226 g/mol. The molecule has 0 aliphatic rings. The van der Waals surface area contributed by atoms with Gasteiger partial charge in [-0.2, -0.15) is 0 Å². The second-order valence-corrected chi connectivity index (χ2v) is 7.20. The van der Waals surface area contributed by atoms with Crippen molar-refractivity contribution in [1.82, 2.24) is 9.97 Å². The number of hydrogen-bond acceptors (Lipinski definition) is 3. The molecule has 84 valence electrons. The van der Waals surface area contributed by atoms with Crippen molar-refractivity contribution in [2.24, 2.45) is 0 Å². The van der Waals surface area contributed by atoms with E-state index in [1.807, 2.05) is 13.0 Å². The standard InChI is InChI=1S/C11H18N2OS/c1-8(2)11-6-10(7-15(4,5)14)12-9(3)13-11/h6-8H,1-5H3. The molecule has 0 N–H and O–H groups in total. The summed E-state index contributed by atoms with van der Waals surface area (Å²) in [4.78, 5) is 8.60. The highest BCUT2D eigenvalue weighted by Crippen LogP contribution is 2.11. The van der Waals surface area contributed by atoms with Crippen molar-refractivity contribution in [2.75, 3.05) is 12.5 Å². The van der Waals surface area contributed by atoms with Crippen LogP contribution in [0.4, 0.5) is 0 Å². The average Bonchev–Trinajstić information content (AvgIpc) is 1.99. The summed E-state index contributed by atoms with van der Waals surface area (Å²) in [5, 5.41) is 1.72. The van der Waals surface area contributed by atoms with Crippen molar-refractivity contribution in [2.45, 2.75) is 26.7 Å². The Morgan fingerprint density at radius 3 is 2.40 bits per heavy atom. The molecule has 0 aliphatic carbocycles. The quantitative estimate of drug-likeness (QED) is 0.719. The number of rotatable bonds is 2. The maximum Gasteiger partial charge on any atom is 0.126 e. The molecule has 1 heterocycles. The molecule has 0 atom stereocenters. The van der Waals surface area contributed by atoms with Gasteiger partial charge in [0.2, 0.25) is 0 Å². The molecular formula is C11H18N2OS. The van der Waals surface area contributed by atoms with Gasteiger partial charge in [-0.15, -0.1) is 0 Å². The van der Waals surface area contributed by atoms with Crippen LogP contribution in [0.2, 0.25) is 0 Å². The molecule has 3 nitrogen and oxygen atoms in total. The first-order chi connectivity index (χ1) is 6.78. The van der Waals surface area contributed by atoms with E-state index in [2.05, 4.69) is 23.8 Å². The van der Waals surface area contributed by atoms with E-state index < -0.39 is 9.52 Å². The van der Waals surface area contributed by atoms with Crippen molar-refractivity contribution < 1.29 is 4.21 Å². The van der Waals surface area contributed by atoms with Crippen molar-refractivity contribution in [3.63, 3.8) is 0 Å². The van der Waals surface area contributed by atoms with Crippen LogP contribution < -0.4 is 0 Å². The molecule has 0 spiro atoms. The van der Waals surface area contributed by atoms with Crippen LogP contribution in [0.3, 0.4) is 0 Å². The van der Waals surface area contributed by atoms with E-state index in [1.165, 1.54) is 0 Å². The largest absolute Gasteiger partial charge is 0.268 e. The SMILES string of the molecule is Cc1nc(C=S(C)(C)=O)cc(C(C)C)n1. The minimum absolute atomic E-state index is 0.364. The lowest BCUT2D eigenvalue weighted by molar-refractivity contribution is 0.688. The molecule has 0 saturated carbocycles. The summed E-state index contributed by atoms with van der Waals surface area (Å²) in [6, 6.07) is 1.91. The molecule has 4 heteroatoms. The van der Waals surface area contributed by atoms with Gasteiger partial charge in [0.05, 0.1) is 5.69 Å². The zero-order valence-electron chi connectivity index (χ0n) is 9.94. The zero-order chi connectivity index (χ0) is 11.6. The fourth-order valence-corrected chi connectivity index (χ4v) is 1.96. The summed E-state index contributed by atoms with van der Waals surface area (Å²) in [7, 11) is -1.90. The third-order valence-corrected chi connectivity index (χ3v) is 2.68. The Morgan fingerprint density at radius 1 is 1.33 bits per heavy atom. The predicted octanol–water partition coefficient (Wildman–Crippen LogP) is 1.60. The molecule has 0 unspecified atom stereocenters. The van der Waals surface area contributed by atoms with Crippen LogP contribution in [0.15, 0.2) is 6.07 Å². The minimum atomic E-state index is -1.90. The van der Waals surface area contributed by atoms with E-state index in [-0.39, 0.29) is 0 Å². The lowest BCUT2D eigenvalue weighted by atomic mass is 10.1. The summed E-state index contributed by atoms with van der Waals surface area (Å²) in [6.07, 6.45) is 3.42. The van der Waals surface area contributed by atoms with Crippen molar-refractivity contribution >= 4 is 14.9 Å². The highest BCUT2D eigenvalue weighted by atomic mass is 32.2. The Hall–Kier alpha value is -0.900. The van der Waals surface area contributed by atoms with Gasteiger partial charge in [-0.1, -0.05) is 13.8 Å². The molecule has 15 heavy (non-hydrogen) atoms. The first kappa shape index (κ1) is 12.2. The summed E-state index contributed by atoms with van der Waals surface area (Å²) < 4.78 is 11.6. The first-order valence-corrected chi connectivity index (χ1v) is 7.36. The van der Waals surface area contributed by atoms with Gasteiger partial charge in [-0.3, -0.25) is 4.21 Å². The normalized spacial score (nSPS) is 11.9. The highest BCUT2D eigenvalue weighted by Gasteiger charge is 2.04. The number of hydrogen-bond donors (Lipinski definition) is 0. The third-order valence-electron chi connectivity index (χ3n) is 1.87. The Kier molecular flexibility index (Phi) is 3.50. The Bertz CT molecular complexity index is 463. The van der Waals surface area contributed by atoms with E-state index in [0.717, 1.165) is 17.2 Å². The molecular weight excluding hydrogens is 208 g/mol. The van der Waals surface area contributed by atoms with Crippen LogP contribution in [-0.4, -0.2) is 32.1 Å². The Morgan fingerprint density at radius 2 is 1.93 bits per heavy atom. The van der Waals surface area contributed by atoms with Gasteiger partial charge >= 0.3 is 0 Å². The molecule has 0 fully saturated rings. The van der Waals surface area contributed by atoms with E-state index >= 15 is 0 Å². The van der Waals surface area contributed by atoms with E-state index in [9.17, 15) is 4.21 Å². The fourth-order valence-electron chi connectivity index (χ4n) is 1.26. The fraction of sp³-hybridized carbons (Fsp3) is 0.545. The smallest absolute Gasteiger partial charge is 0.126 e.